The van der Waals surface area contributed by atoms with Crippen molar-refractivity contribution < 1.29 is 0 Å². The lowest BCUT2D eigenvalue weighted by atomic mass is 9.94. The van der Waals surface area contributed by atoms with Gasteiger partial charge in [0.15, 0.2) is 0 Å². The lowest BCUT2D eigenvalue weighted by Crippen LogP contribution is -2.46. The van der Waals surface area contributed by atoms with Crippen LogP contribution in [0.2, 0.25) is 0 Å². The predicted molar refractivity (Wildman–Crippen MR) is 92.7 cm³/mol. The molecule has 21 heavy (non-hydrogen) atoms. The van der Waals surface area contributed by atoms with Crippen molar-refractivity contribution in [1.82, 2.24) is 10.2 Å². The van der Waals surface area contributed by atoms with Gasteiger partial charge in [0.2, 0.25) is 0 Å². The second-order valence-electron chi connectivity index (χ2n) is 7.82. The zero-order valence-electron chi connectivity index (χ0n) is 14.7. The second kappa shape index (κ2) is 9.15. The van der Waals surface area contributed by atoms with Gasteiger partial charge in [-0.05, 0) is 70.9 Å². The van der Waals surface area contributed by atoms with E-state index in [1.165, 1.54) is 77.4 Å². The molecule has 1 heterocycles. The number of hydrogen-bond donors (Lipinski definition) is 1. The molecule has 1 N–H and O–H groups in total. The van der Waals surface area contributed by atoms with Gasteiger partial charge in [-0.2, -0.15) is 0 Å². The van der Waals surface area contributed by atoms with Crippen molar-refractivity contribution >= 4 is 0 Å². The molecule has 3 unspecified atom stereocenters. The number of piperidine rings is 1. The smallest absolute Gasteiger partial charge is 0.00981 e. The molecule has 2 heteroatoms. The zero-order valence-corrected chi connectivity index (χ0v) is 14.7. The van der Waals surface area contributed by atoms with Crippen LogP contribution in [0.5, 0.6) is 0 Å². The Morgan fingerprint density at radius 1 is 1.00 bits per heavy atom. The highest BCUT2D eigenvalue weighted by molar-refractivity contribution is 4.83. The van der Waals surface area contributed by atoms with Gasteiger partial charge in [-0.25, -0.2) is 0 Å². The van der Waals surface area contributed by atoms with Crippen molar-refractivity contribution in [1.29, 1.82) is 0 Å². The number of nitrogens with zero attached hydrogens (tertiary/aromatic N) is 1. The fourth-order valence-electron chi connectivity index (χ4n) is 4.55. The summed E-state index contributed by atoms with van der Waals surface area (Å²) in [6, 6.07) is 1.56. The van der Waals surface area contributed by atoms with Gasteiger partial charge in [0.05, 0.1) is 0 Å². The van der Waals surface area contributed by atoms with Gasteiger partial charge in [-0.1, -0.05) is 32.6 Å². The Morgan fingerprint density at radius 2 is 1.81 bits per heavy atom. The van der Waals surface area contributed by atoms with Crippen LogP contribution < -0.4 is 5.32 Å². The normalized spacial score (nSPS) is 31.6. The van der Waals surface area contributed by atoms with E-state index in [0.29, 0.717) is 6.04 Å². The van der Waals surface area contributed by atoms with E-state index in [1.54, 1.807) is 0 Å². The first-order valence-electron chi connectivity index (χ1n) is 9.67. The third-order valence-corrected chi connectivity index (χ3v) is 5.76. The van der Waals surface area contributed by atoms with Crippen molar-refractivity contribution in [3.63, 3.8) is 0 Å². The zero-order chi connectivity index (χ0) is 15.1. The molecule has 0 radical (unpaired) electrons. The summed E-state index contributed by atoms with van der Waals surface area (Å²) in [4.78, 5) is 2.85. The van der Waals surface area contributed by atoms with E-state index in [1.807, 2.05) is 0 Å². The highest BCUT2D eigenvalue weighted by Gasteiger charge is 2.27. The summed E-state index contributed by atoms with van der Waals surface area (Å²) in [6.45, 7) is 11.0. The summed E-state index contributed by atoms with van der Waals surface area (Å²) < 4.78 is 0. The minimum atomic E-state index is 0.708. The lowest BCUT2D eigenvalue weighted by Gasteiger charge is -2.38. The van der Waals surface area contributed by atoms with Crippen LogP contribution in [0.15, 0.2) is 0 Å². The number of hydrogen-bond acceptors (Lipinski definition) is 2. The Hall–Kier alpha value is -0.0800. The van der Waals surface area contributed by atoms with Gasteiger partial charge in [0, 0.05) is 18.6 Å². The predicted octanol–water partition coefficient (Wildman–Crippen LogP) is 4.45. The van der Waals surface area contributed by atoms with Crippen molar-refractivity contribution in [2.75, 3.05) is 19.6 Å². The monoisotopic (exact) mass is 294 g/mol. The van der Waals surface area contributed by atoms with Gasteiger partial charge in [-0.15, -0.1) is 0 Å². The fraction of sp³-hybridized carbons (Fsp3) is 1.00. The summed E-state index contributed by atoms with van der Waals surface area (Å²) in [5.41, 5.74) is 0. The molecule has 2 aliphatic rings. The average Bonchev–Trinajstić information content (AvgIpc) is 2.72. The maximum Gasteiger partial charge on any atom is 0.00981 e. The van der Waals surface area contributed by atoms with E-state index in [2.05, 4.69) is 31.0 Å². The average molecular weight is 295 g/mol. The van der Waals surface area contributed by atoms with E-state index in [9.17, 15) is 0 Å². The molecule has 1 saturated carbocycles. The lowest BCUT2D eigenvalue weighted by molar-refractivity contribution is 0.106. The highest BCUT2D eigenvalue weighted by Crippen LogP contribution is 2.30. The quantitative estimate of drug-likeness (QED) is 0.728. The first-order valence-corrected chi connectivity index (χ1v) is 9.67. The van der Waals surface area contributed by atoms with E-state index in [0.717, 1.165) is 17.9 Å². The number of rotatable bonds is 6. The minimum absolute atomic E-state index is 0.708. The van der Waals surface area contributed by atoms with Crippen LogP contribution in [0.25, 0.3) is 0 Å². The Labute approximate surface area is 133 Å². The summed E-state index contributed by atoms with van der Waals surface area (Å²) in [5.74, 6) is 1.90. The third-order valence-electron chi connectivity index (χ3n) is 5.76. The SMILES string of the molecule is CCCC1CCCC(N(CC2CCCNC2)C(C)C)CC1. The van der Waals surface area contributed by atoms with Crippen LogP contribution in [0.4, 0.5) is 0 Å². The first-order chi connectivity index (χ1) is 10.2. The van der Waals surface area contributed by atoms with E-state index >= 15 is 0 Å². The summed E-state index contributed by atoms with van der Waals surface area (Å²) >= 11 is 0. The summed E-state index contributed by atoms with van der Waals surface area (Å²) in [7, 11) is 0. The molecule has 0 spiro atoms. The van der Waals surface area contributed by atoms with Crippen LogP contribution in [-0.2, 0) is 0 Å². The molecule has 0 aromatic rings. The second-order valence-corrected chi connectivity index (χ2v) is 7.82. The molecule has 2 rings (SSSR count). The Bertz CT molecular complexity index is 271. The number of nitrogens with one attached hydrogen (secondary N) is 1. The molecule has 0 bridgehead atoms. The van der Waals surface area contributed by atoms with Gasteiger partial charge < -0.3 is 5.32 Å². The molecular formula is C19H38N2. The van der Waals surface area contributed by atoms with E-state index in [-0.39, 0.29) is 0 Å². The van der Waals surface area contributed by atoms with Crippen LogP contribution in [0, 0.1) is 11.8 Å². The fourth-order valence-corrected chi connectivity index (χ4v) is 4.55. The molecular weight excluding hydrogens is 256 g/mol. The first kappa shape index (κ1) is 17.3. The molecule has 124 valence electrons. The van der Waals surface area contributed by atoms with Crippen LogP contribution >= 0.6 is 0 Å². The van der Waals surface area contributed by atoms with E-state index < -0.39 is 0 Å². The van der Waals surface area contributed by atoms with E-state index in [4.69, 9.17) is 0 Å². The minimum Gasteiger partial charge on any atom is -0.316 e. The van der Waals surface area contributed by atoms with Crippen LogP contribution in [0.3, 0.4) is 0 Å². The highest BCUT2D eigenvalue weighted by atomic mass is 15.2. The molecule has 0 aromatic carbocycles. The Morgan fingerprint density at radius 3 is 2.48 bits per heavy atom. The Balaban J connectivity index is 1.87. The van der Waals surface area contributed by atoms with Crippen molar-refractivity contribution in [2.24, 2.45) is 11.8 Å². The molecule has 0 amide bonds. The molecule has 1 saturated heterocycles. The Kier molecular flexibility index (Phi) is 7.53. The van der Waals surface area contributed by atoms with Gasteiger partial charge in [0.25, 0.3) is 0 Å². The largest absolute Gasteiger partial charge is 0.316 e. The maximum atomic E-state index is 3.59. The third kappa shape index (κ3) is 5.56. The van der Waals surface area contributed by atoms with Gasteiger partial charge in [-0.3, -0.25) is 4.90 Å². The molecule has 2 nitrogen and oxygen atoms in total. The molecule has 3 atom stereocenters. The maximum absolute atomic E-state index is 3.59. The summed E-state index contributed by atoms with van der Waals surface area (Å²) in [6.07, 6.45) is 13.0. The molecule has 1 aliphatic heterocycles. The standard InChI is InChI=1S/C19H38N2/c1-4-7-17-8-5-10-19(12-11-17)21(16(2)3)15-18-9-6-13-20-14-18/h16-20H,4-15H2,1-3H3. The van der Waals surface area contributed by atoms with Crippen molar-refractivity contribution in [3.05, 3.63) is 0 Å². The topological polar surface area (TPSA) is 15.3 Å². The van der Waals surface area contributed by atoms with Crippen molar-refractivity contribution in [2.45, 2.75) is 90.6 Å². The van der Waals surface area contributed by atoms with Crippen LogP contribution in [-0.4, -0.2) is 36.6 Å². The van der Waals surface area contributed by atoms with Gasteiger partial charge in [0.1, 0.15) is 0 Å². The molecule has 2 fully saturated rings. The molecule has 1 aliphatic carbocycles. The van der Waals surface area contributed by atoms with Crippen LogP contribution in [0.1, 0.15) is 78.6 Å². The summed E-state index contributed by atoms with van der Waals surface area (Å²) in [5, 5.41) is 3.59. The van der Waals surface area contributed by atoms with Crippen molar-refractivity contribution in [3.8, 4) is 0 Å². The van der Waals surface area contributed by atoms with Gasteiger partial charge >= 0.3 is 0 Å². The molecule has 0 aromatic heterocycles.